The van der Waals surface area contributed by atoms with Crippen LogP contribution < -0.4 is 15.2 Å². The average molecular weight is 265 g/mol. The molecular weight excluding hydrogens is 238 g/mol. The van der Waals surface area contributed by atoms with Crippen molar-refractivity contribution in [1.29, 1.82) is 0 Å². The average Bonchev–Trinajstić information content (AvgIpc) is 2.40. The zero-order chi connectivity index (χ0) is 14.3. The maximum atomic E-state index is 6.06. The van der Waals surface area contributed by atoms with E-state index in [1.54, 1.807) is 7.11 Å². The molecule has 0 saturated heterocycles. The van der Waals surface area contributed by atoms with Crippen LogP contribution in [0.25, 0.3) is 0 Å². The van der Waals surface area contributed by atoms with Crippen molar-refractivity contribution in [2.75, 3.05) is 13.7 Å². The molecule has 0 amide bonds. The summed E-state index contributed by atoms with van der Waals surface area (Å²) in [5, 5.41) is 0. The Hall–Kier alpha value is -1.22. The van der Waals surface area contributed by atoms with Gasteiger partial charge in [0.1, 0.15) is 0 Å². The van der Waals surface area contributed by atoms with E-state index in [0.29, 0.717) is 18.6 Å². The Morgan fingerprint density at radius 3 is 2.53 bits per heavy atom. The molecule has 0 fully saturated rings. The van der Waals surface area contributed by atoms with Crippen LogP contribution in [0.1, 0.15) is 39.2 Å². The first-order valence-corrected chi connectivity index (χ1v) is 7.13. The first-order chi connectivity index (χ1) is 9.08. The van der Waals surface area contributed by atoms with Gasteiger partial charge in [-0.15, -0.1) is 0 Å². The molecule has 1 aromatic carbocycles. The van der Waals surface area contributed by atoms with Crippen LogP contribution in [-0.2, 0) is 6.42 Å². The number of hydrogen-bond acceptors (Lipinski definition) is 3. The summed E-state index contributed by atoms with van der Waals surface area (Å²) in [5.74, 6) is 2.18. The molecule has 0 saturated carbocycles. The molecule has 0 aliphatic heterocycles. The Kier molecular flexibility index (Phi) is 6.71. The molecule has 0 aliphatic rings. The third-order valence-electron chi connectivity index (χ3n) is 3.39. The third-order valence-corrected chi connectivity index (χ3v) is 3.39. The lowest BCUT2D eigenvalue weighted by molar-refractivity contribution is 0.310. The molecule has 1 aromatic rings. The van der Waals surface area contributed by atoms with Gasteiger partial charge in [-0.05, 0) is 49.8 Å². The smallest absolute Gasteiger partial charge is 0.161 e. The minimum Gasteiger partial charge on any atom is -0.493 e. The van der Waals surface area contributed by atoms with Crippen LogP contribution in [0.4, 0.5) is 0 Å². The topological polar surface area (TPSA) is 44.5 Å². The van der Waals surface area contributed by atoms with Gasteiger partial charge in [0.15, 0.2) is 11.5 Å². The Balaban J connectivity index is 2.55. The number of ether oxygens (including phenoxy) is 2. The Labute approximate surface area is 117 Å². The van der Waals surface area contributed by atoms with Crippen molar-refractivity contribution in [3.8, 4) is 11.5 Å². The number of rotatable bonds is 8. The lowest BCUT2D eigenvalue weighted by Gasteiger charge is -2.15. The molecule has 0 spiro atoms. The summed E-state index contributed by atoms with van der Waals surface area (Å²) in [6.45, 7) is 6.97. The van der Waals surface area contributed by atoms with E-state index in [9.17, 15) is 0 Å². The van der Waals surface area contributed by atoms with Crippen molar-refractivity contribution in [3.05, 3.63) is 23.8 Å². The van der Waals surface area contributed by atoms with Gasteiger partial charge in [0.05, 0.1) is 13.7 Å². The minimum atomic E-state index is 0.296. The van der Waals surface area contributed by atoms with Crippen molar-refractivity contribution >= 4 is 0 Å². The third kappa shape index (κ3) is 5.11. The number of hydrogen-bond donors (Lipinski definition) is 1. The fraction of sp³-hybridized carbons (Fsp3) is 0.625. The minimum absolute atomic E-state index is 0.296. The van der Waals surface area contributed by atoms with E-state index >= 15 is 0 Å². The van der Waals surface area contributed by atoms with E-state index in [-0.39, 0.29) is 0 Å². The quantitative estimate of drug-likeness (QED) is 0.783. The van der Waals surface area contributed by atoms with Gasteiger partial charge in [-0.1, -0.05) is 19.9 Å². The molecule has 0 heterocycles. The summed E-state index contributed by atoms with van der Waals surface area (Å²) in [6, 6.07) is 6.45. The van der Waals surface area contributed by atoms with Gasteiger partial charge in [0.25, 0.3) is 0 Å². The molecule has 19 heavy (non-hydrogen) atoms. The molecule has 1 rings (SSSR count). The van der Waals surface area contributed by atoms with Crippen LogP contribution in [0.2, 0.25) is 0 Å². The molecule has 3 nitrogen and oxygen atoms in total. The van der Waals surface area contributed by atoms with E-state index in [1.165, 1.54) is 5.56 Å². The summed E-state index contributed by atoms with van der Waals surface area (Å²) in [7, 11) is 1.68. The highest BCUT2D eigenvalue weighted by molar-refractivity contribution is 5.43. The zero-order valence-corrected chi connectivity index (χ0v) is 12.6. The second-order valence-electron chi connectivity index (χ2n) is 5.22. The predicted octanol–water partition coefficient (Wildman–Crippen LogP) is 3.40. The van der Waals surface area contributed by atoms with E-state index in [0.717, 1.165) is 30.8 Å². The Morgan fingerprint density at radius 1 is 1.21 bits per heavy atom. The van der Waals surface area contributed by atoms with Gasteiger partial charge in [0.2, 0.25) is 0 Å². The molecule has 1 atom stereocenters. The standard InChI is InChI=1S/C16H27NO2/c1-5-19-15-10-9-13(11-16(15)18-4)7-6-8-14(17)12(2)3/h9-12,14H,5-8,17H2,1-4H3. The summed E-state index contributed by atoms with van der Waals surface area (Å²) in [5.41, 5.74) is 7.33. The highest BCUT2D eigenvalue weighted by Crippen LogP contribution is 2.28. The summed E-state index contributed by atoms with van der Waals surface area (Å²) in [4.78, 5) is 0. The maximum absolute atomic E-state index is 6.06. The second-order valence-corrected chi connectivity index (χ2v) is 5.22. The highest BCUT2D eigenvalue weighted by Gasteiger charge is 2.08. The van der Waals surface area contributed by atoms with Crippen LogP contribution in [0.15, 0.2) is 18.2 Å². The van der Waals surface area contributed by atoms with Crippen molar-refractivity contribution < 1.29 is 9.47 Å². The van der Waals surface area contributed by atoms with Gasteiger partial charge in [0, 0.05) is 6.04 Å². The normalized spacial score (nSPS) is 12.5. The molecule has 3 heteroatoms. The number of methoxy groups -OCH3 is 1. The molecule has 2 N–H and O–H groups in total. The predicted molar refractivity (Wildman–Crippen MR) is 79.9 cm³/mol. The van der Waals surface area contributed by atoms with E-state index < -0.39 is 0 Å². The van der Waals surface area contributed by atoms with Gasteiger partial charge in [-0.2, -0.15) is 0 Å². The molecule has 1 unspecified atom stereocenters. The zero-order valence-electron chi connectivity index (χ0n) is 12.6. The van der Waals surface area contributed by atoms with Crippen molar-refractivity contribution in [2.24, 2.45) is 11.7 Å². The van der Waals surface area contributed by atoms with Crippen molar-refractivity contribution in [2.45, 2.75) is 46.1 Å². The lowest BCUT2D eigenvalue weighted by Crippen LogP contribution is -2.26. The number of aryl methyl sites for hydroxylation is 1. The Bertz CT molecular complexity index is 377. The monoisotopic (exact) mass is 265 g/mol. The van der Waals surface area contributed by atoms with Gasteiger partial charge in [-0.25, -0.2) is 0 Å². The molecule has 0 aliphatic carbocycles. The van der Waals surface area contributed by atoms with Gasteiger partial charge >= 0.3 is 0 Å². The van der Waals surface area contributed by atoms with Gasteiger partial charge < -0.3 is 15.2 Å². The first kappa shape index (κ1) is 15.8. The van der Waals surface area contributed by atoms with E-state index in [4.69, 9.17) is 15.2 Å². The Morgan fingerprint density at radius 2 is 1.95 bits per heavy atom. The van der Waals surface area contributed by atoms with Crippen LogP contribution in [0.5, 0.6) is 11.5 Å². The summed E-state index contributed by atoms with van der Waals surface area (Å²) < 4.78 is 10.9. The maximum Gasteiger partial charge on any atom is 0.161 e. The molecule has 0 aromatic heterocycles. The molecular formula is C16H27NO2. The van der Waals surface area contributed by atoms with Crippen LogP contribution in [0.3, 0.4) is 0 Å². The van der Waals surface area contributed by atoms with Crippen LogP contribution in [-0.4, -0.2) is 19.8 Å². The van der Waals surface area contributed by atoms with Gasteiger partial charge in [-0.3, -0.25) is 0 Å². The van der Waals surface area contributed by atoms with Crippen molar-refractivity contribution in [3.63, 3.8) is 0 Å². The number of nitrogens with two attached hydrogens (primary N) is 1. The summed E-state index contributed by atoms with van der Waals surface area (Å²) >= 11 is 0. The fourth-order valence-corrected chi connectivity index (χ4v) is 2.02. The molecule has 108 valence electrons. The summed E-state index contributed by atoms with van der Waals surface area (Å²) in [6.07, 6.45) is 3.20. The number of benzene rings is 1. The van der Waals surface area contributed by atoms with E-state index in [1.807, 2.05) is 13.0 Å². The molecule has 0 radical (unpaired) electrons. The van der Waals surface area contributed by atoms with Crippen LogP contribution in [0, 0.1) is 5.92 Å². The lowest BCUT2D eigenvalue weighted by atomic mass is 9.97. The second kappa shape index (κ2) is 8.05. The fourth-order valence-electron chi connectivity index (χ4n) is 2.02. The largest absolute Gasteiger partial charge is 0.493 e. The highest BCUT2D eigenvalue weighted by atomic mass is 16.5. The van der Waals surface area contributed by atoms with Crippen molar-refractivity contribution in [1.82, 2.24) is 0 Å². The first-order valence-electron chi connectivity index (χ1n) is 7.13. The van der Waals surface area contributed by atoms with E-state index in [2.05, 4.69) is 26.0 Å². The van der Waals surface area contributed by atoms with Crippen LogP contribution >= 0.6 is 0 Å². The molecule has 0 bridgehead atoms. The SMILES string of the molecule is CCOc1ccc(CCCC(N)C(C)C)cc1OC.